The van der Waals surface area contributed by atoms with Crippen LogP contribution in [0.25, 0.3) is 0 Å². The normalized spacial score (nSPS) is 15.7. The second-order valence-corrected chi connectivity index (χ2v) is 8.03. The van der Waals surface area contributed by atoms with E-state index in [2.05, 4.69) is 10.2 Å². The minimum atomic E-state index is -0.440. The second-order valence-electron chi connectivity index (χ2n) is 7.22. The van der Waals surface area contributed by atoms with Crippen molar-refractivity contribution in [3.63, 3.8) is 0 Å². The molecule has 2 aromatic carbocycles. The van der Waals surface area contributed by atoms with Crippen LogP contribution in [0.4, 0.5) is 5.82 Å². The van der Waals surface area contributed by atoms with E-state index in [4.69, 9.17) is 32.9 Å². The quantitative estimate of drug-likeness (QED) is 0.583. The van der Waals surface area contributed by atoms with Crippen LogP contribution in [-0.2, 0) is 17.9 Å². The minimum Gasteiger partial charge on any atom is -0.380 e. The first kappa shape index (κ1) is 20.7. The second kappa shape index (κ2) is 8.64. The van der Waals surface area contributed by atoms with Gasteiger partial charge < -0.3 is 15.0 Å². The van der Waals surface area contributed by atoms with Crippen LogP contribution in [0.5, 0.6) is 0 Å². The van der Waals surface area contributed by atoms with Crippen molar-refractivity contribution in [2.45, 2.75) is 26.2 Å². The molecule has 0 bridgehead atoms. The average molecular weight is 442 g/mol. The Bertz CT molecular complexity index is 1090. The Hall–Kier alpha value is -2.60. The maximum Gasteiger partial charge on any atom is 0.257 e. The van der Waals surface area contributed by atoms with Crippen LogP contribution in [0, 0.1) is 6.92 Å². The van der Waals surface area contributed by atoms with E-state index < -0.39 is 6.17 Å². The van der Waals surface area contributed by atoms with Crippen molar-refractivity contribution < 1.29 is 9.53 Å². The summed E-state index contributed by atoms with van der Waals surface area (Å²) in [4.78, 5) is 20.0. The molecular formula is C23H21Cl2N3O2. The molecule has 0 saturated carbocycles. The van der Waals surface area contributed by atoms with Gasteiger partial charge in [0.05, 0.1) is 22.2 Å². The molecule has 0 aliphatic carbocycles. The minimum absolute atomic E-state index is 0.190. The van der Waals surface area contributed by atoms with E-state index in [1.54, 1.807) is 19.2 Å². The van der Waals surface area contributed by atoms with Gasteiger partial charge in [-0.05, 0) is 41.8 Å². The summed E-state index contributed by atoms with van der Waals surface area (Å²) in [5.74, 6) is 0.440. The molecule has 1 aromatic heterocycles. The number of halogens is 2. The van der Waals surface area contributed by atoms with Crippen molar-refractivity contribution in [1.29, 1.82) is 0 Å². The van der Waals surface area contributed by atoms with E-state index in [9.17, 15) is 4.79 Å². The molecule has 0 radical (unpaired) electrons. The van der Waals surface area contributed by atoms with E-state index in [-0.39, 0.29) is 5.91 Å². The lowest BCUT2D eigenvalue weighted by molar-refractivity contribution is 0.0919. The number of rotatable bonds is 5. The number of hydrogen-bond donors (Lipinski definition) is 1. The standard InChI is InChI=1S/C23H21Cl2N3O2/c1-14-10-17(13-30-2)20-22(26-14)28(12-15-6-4-3-5-7-15)21(27-23(20)29)16-8-9-18(24)19(25)11-16/h3-11,21H,12-13H2,1-2H3,(H,27,29)/t21-/m0/s1. The zero-order chi connectivity index (χ0) is 21.3. The number of anilines is 1. The number of ether oxygens (including phenoxy) is 1. The fourth-order valence-electron chi connectivity index (χ4n) is 3.74. The van der Waals surface area contributed by atoms with E-state index in [0.29, 0.717) is 34.6 Å². The van der Waals surface area contributed by atoms with Crippen LogP contribution >= 0.6 is 23.2 Å². The van der Waals surface area contributed by atoms with Crippen molar-refractivity contribution in [2.24, 2.45) is 0 Å². The van der Waals surface area contributed by atoms with Gasteiger partial charge in [-0.1, -0.05) is 59.6 Å². The summed E-state index contributed by atoms with van der Waals surface area (Å²) in [5.41, 5.74) is 4.09. The van der Waals surface area contributed by atoms with Crippen molar-refractivity contribution >= 4 is 34.9 Å². The first-order valence-corrected chi connectivity index (χ1v) is 10.3. The molecule has 1 aliphatic rings. The molecule has 4 rings (SSSR count). The summed E-state index contributed by atoms with van der Waals surface area (Å²) in [6.07, 6.45) is -0.440. The number of hydrogen-bond acceptors (Lipinski definition) is 4. The lowest BCUT2D eigenvalue weighted by Crippen LogP contribution is -2.47. The average Bonchev–Trinajstić information content (AvgIpc) is 2.72. The fourth-order valence-corrected chi connectivity index (χ4v) is 4.04. The van der Waals surface area contributed by atoms with Crippen LogP contribution in [0.2, 0.25) is 10.0 Å². The highest BCUT2D eigenvalue weighted by Crippen LogP contribution is 2.37. The number of nitrogens with zero attached hydrogens (tertiary/aromatic N) is 2. The Morgan fingerprint density at radius 2 is 1.87 bits per heavy atom. The number of aryl methyl sites for hydroxylation is 1. The highest BCUT2D eigenvalue weighted by molar-refractivity contribution is 6.42. The van der Waals surface area contributed by atoms with E-state index in [1.807, 2.05) is 49.4 Å². The summed E-state index contributed by atoms with van der Waals surface area (Å²) < 4.78 is 5.33. The smallest absolute Gasteiger partial charge is 0.257 e. The van der Waals surface area contributed by atoms with Gasteiger partial charge in [0.1, 0.15) is 12.0 Å². The third-order valence-electron chi connectivity index (χ3n) is 5.04. The molecular weight excluding hydrogens is 421 g/mol. The summed E-state index contributed by atoms with van der Waals surface area (Å²) in [5, 5.41) is 4.02. The Balaban J connectivity index is 1.87. The summed E-state index contributed by atoms with van der Waals surface area (Å²) in [6.45, 7) is 2.80. The van der Waals surface area contributed by atoms with Crippen LogP contribution < -0.4 is 10.2 Å². The largest absolute Gasteiger partial charge is 0.380 e. The van der Waals surface area contributed by atoms with Gasteiger partial charge in [0.2, 0.25) is 0 Å². The monoisotopic (exact) mass is 441 g/mol. The van der Waals surface area contributed by atoms with Crippen molar-refractivity contribution in [2.75, 3.05) is 12.0 Å². The van der Waals surface area contributed by atoms with Crippen molar-refractivity contribution in [3.8, 4) is 0 Å². The first-order valence-electron chi connectivity index (χ1n) is 9.53. The van der Waals surface area contributed by atoms with Gasteiger partial charge in [-0.2, -0.15) is 0 Å². The van der Waals surface area contributed by atoms with Gasteiger partial charge in [-0.3, -0.25) is 4.79 Å². The van der Waals surface area contributed by atoms with Crippen LogP contribution in [0.1, 0.15) is 38.9 Å². The Morgan fingerprint density at radius 3 is 2.57 bits per heavy atom. The lowest BCUT2D eigenvalue weighted by atomic mass is 10.0. The number of benzene rings is 2. The molecule has 3 aromatic rings. The number of methoxy groups -OCH3 is 1. The molecule has 0 fully saturated rings. The van der Waals surface area contributed by atoms with Gasteiger partial charge >= 0.3 is 0 Å². The van der Waals surface area contributed by atoms with Crippen molar-refractivity contribution in [3.05, 3.63) is 92.6 Å². The van der Waals surface area contributed by atoms with Crippen LogP contribution in [0.3, 0.4) is 0 Å². The van der Waals surface area contributed by atoms with Crippen LogP contribution in [0.15, 0.2) is 54.6 Å². The Morgan fingerprint density at radius 1 is 1.10 bits per heavy atom. The predicted octanol–water partition coefficient (Wildman–Crippen LogP) is 5.29. The summed E-state index contributed by atoms with van der Waals surface area (Å²) in [6, 6.07) is 17.3. The number of fused-ring (bicyclic) bond motifs is 1. The molecule has 30 heavy (non-hydrogen) atoms. The molecule has 154 valence electrons. The molecule has 7 heteroatoms. The highest BCUT2D eigenvalue weighted by atomic mass is 35.5. The Kier molecular flexibility index (Phi) is 5.95. The molecule has 2 heterocycles. The Labute approximate surface area is 185 Å². The molecule has 0 saturated heterocycles. The SMILES string of the molecule is COCc1cc(C)nc2c1C(=O)N[C@H](c1ccc(Cl)c(Cl)c1)N2Cc1ccccc1. The zero-order valence-corrected chi connectivity index (χ0v) is 18.2. The van der Waals surface area contributed by atoms with Gasteiger partial charge in [-0.25, -0.2) is 4.98 Å². The highest BCUT2D eigenvalue weighted by Gasteiger charge is 2.35. The molecule has 0 spiro atoms. The number of carbonyl (C=O) groups excluding carboxylic acids is 1. The van der Waals surface area contributed by atoms with Gasteiger partial charge in [0.25, 0.3) is 5.91 Å². The van der Waals surface area contributed by atoms with E-state index in [0.717, 1.165) is 22.4 Å². The lowest BCUT2D eigenvalue weighted by Gasteiger charge is -2.39. The molecule has 5 nitrogen and oxygen atoms in total. The third-order valence-corrected chi connectivity index (χ3v) is 5.78. The third kappa shape index (κ3) is 4.01. The van der Waals surface area contributed by atoms with E-state index >= 15 is 0 Å². The topological polar surface area (TPSA) is 54.5 Å². The summed E-state index contributed by atoms with van der Waals surface area (Å²) in [7, 11) is 1.61. The number of nitrogens with one attached hydrogen (secondary N) is 1. The number of aromatic nitrogens is 1. The predicted molar refractivity (Wildman–Crippen MR) is 119 cm³/mol. The maximum absolute atomic E-state index is 13.1. The molecule has 1 atom stereocenters. The first-order chi connectivity index (χ1) is 14.5. The fraction of sp³-hybridized carbons (Fsp3) is 0.217. The van der Waals surface area contributed by atoms with E-state index in [1.165, 1.54) is 0 Å². The van der Waals surface area contributed by atoms with Crippen molar-refractivity contribution in [1.82, 2.24) is 10.3 Å². The molecule has 1 aliphatic heterocycles. The molecule has 0 unspecified atom stereocenters. The number of pyridine rings is 1. The maximum atomic E-state index is 13.1. The van der Waals surface area contributed by atoms with Gasteiger partial charge in [0.15, 0.2) is 0 Å². The molecule has 1 N–H and O–H groups in total. The molecule has 1 amide bonds. The summed E-state index contributed by atoms with van der Waals surface area (Å²) >= 11 is 12.4. The van der Waals surface area contributed by atoms with Gasteiger partial charge in [-0.15, -0.1) is 0 Å². The number of carbonyl (C=O) groups is 1. The number of amides is 1. The van der Waals surface area contributed by atoms with Gasteiger partial charge in [0, 0.05) is 19.3 Å². The zero-order valence-electron chi connectivity index (χ0n) is 16.7. The van der Waals surface area contributed by atoms with Crippen LogP contribution in [-0.4, -0.2) is 18.0 Å².